The molecule has 0 aliphatic carbocycles. The van der Waals surface area contributed by atoms with Crippen molar-refractivity contribution in [2.45, 2.75) is 65.4 Å². The third kappa shape index (κ3) is 5.75. The topological polar surface area (TPSA) is 22.1 Å². The average Bonchev–Trinajstić information content (AvgIpc) is 3.00. The maximum Gasteiger partial charge on any atom is 0.171 e. The summed E-state index contributed by atoms with van der Waals surface area (Å²) in [5, 5.41) is 0.727. The van der Waals surface area contributed by atoms with Crippen molar-refractivity contribution in [3.63, 3.8) is 0 Å². The molecule has 1 heterocycles. The molecule has 2 nitrogen and oxygen atoms in total. The van der Waals surface area contributed by atoms with Gasteiger partial charge in [-0.05, 0) is 84.7 Å². The highest BCUT2D eigenvalue weighted by Crippen LogP contribution is 2.41. The van der Waals surface area contributed by atoms with Gasteiger partial charge in [-0.1, -0.05) is 76.2 Å². The van der Waals surface area contributed by atoms with Crippen molar-refractivity contribution < 1.29 is 22.3 Å². The van der Waals surface area contributed by atoms with Gasteiger partial charge in [-0.3, -0.25) is 0 Å². The zero-order valence-corrected chi connectivity index (χ0v) is 25.3. The summed E-state index contributed by atoms with van der Waals surface area (Å²) in [6.07, 6.45) is 1.16. The molecule has 4 aromatic carbocycles. The van der Waals surface area contributed by atoms with Gasteiger partial charge in [0.15, 0.2) is 23.3 Å². The molecule has 0 saturated carbocycles. The zero-order chi connectivity index (χ0) is 31.1. The van der Waals surface area contributed by atoms with Gasteiger partial charge in [-0.15, -0.1) is 0 Å². The first kappa shape index (κ1) is 30.3. The number of hydrogen-bond donors (Lipinski definition) is 0. The van der Waals surface area contributed by atoms with Crippen molar-refractivity contribution in [1.82, 2.24) is 4.98 Å². The van der Waals surface area contributed by atoms with Crippen molar-refractivity contribution in [1.29, 1.82) is 0 Å². The standard InChI is InChI=1S/C37H35F4NO/c1-7-36(3,4)31-34(40)32(38)30(33(39)35(31)41)29-21-26(23-12-10-9-11-13-23)27-20-24(16-19-28(27)42-29)22-14-17-25(18-15-22)43-37(5,6)8-2/h9-21H,7-8H2,1-6H3. The van der Waals surface area contributed by atoms with Crippen molar-refractivity contribution in [3.8, 4) is 39.3 Å². The van der Waals surface area contributed by atoms with Crippen molar-refractivity contribution >= 4 is 10.9 Å². The molecule has 43 heavy (non-hydrogen) atoms. The highest BCUT2D eigenvalue weighted by Gasteiger charge is 2.34. The predicted molar refractivity (Wildman–Crippen MR) is 166 cm³/mol. The SMILES string of the molecule is CCC(C)(C)Oc1ccc(-c2ccc3nc(-c4c(F)c(F)c(C(C)(C)CC)c(F)c4F)cc(-c4ccccc4)c3c2)cc1. The van der Waals surface area contributed by atoms with Crippen LogP contribution in [0.1, 0.15) is 59.9 Å². The fourth-order valence-corrected chi connectivity index (χ4v) is 5.12. The van der Waals surface area contributed by atoms with Gasteiger partial charge in [0, 0.05) is 10.9 Å². The third-order valence-corrected chi connectivity index (χ3v) is 8.41. The van der Waals surface area contributed by atoms with Gasteiger partial charge >= 0.3 is 0 Å². The monoisotopic (exact) mass is 585 g/mol. The van der Waals surface area contributed by atoms with Crippen LogP contribution in [-0.2, 0) is 5.41 Å². The molecule has 0 saturated heterocycles. The summed E-state index contributed by atoms with van der Waals surface area (Å²) in [6.45, 7) is 11.0. The lowest BCUT2D eigenvalue weighted by atomic mass is 9.80. The van der Waals surface area contributed by atoms with Gasteiger partial charge in [0.25, 0.3) is 0 Å². The fraction of sp³-hybridized carbons (Fsp3) is 0.270. The number of aromatic nitrogens is 1. The van der Waals surface area contributed by atoms with Gasteiger partial charge in [-0.25, -0.2) is 22.5 Å². The minimum Gasteiger partial charge on any atom is -0.488 e. The van der Waals surface area contributed by atoms with E-state index in [-0.39, 0.29) is 11.3 Å². The highest BCUT2D eigenvalue weighted by atomic mass is 19.2. The summed E-state index contributed by atoms with van der Waals surface area (Å²) < 4.78 is 68.0. The molecule has 5 aromatic rings. The molecule has 0 bridgehead atoms. The Hall–Kier alpha value is -4.19. The molecule has 0 unspecified atom stereocenters. The van der Waals surface area contributed by atoms with E-state index in [4.69, 9.17) is 4.74 Å². The summed E-state index contributed by atoms with van der Waals surface area (Å²) in [4.78, 5) is 4.51. The number of benzene rings is 4. The number of ether oxygens (including phenoxy) is 1. The zero-order valence-electron chi connectivity index (χ0n) is 25.3. The molecule has 0 spiro atoms. The van der Waals surface area contributed by atoms with Crippen LogP contribution in [0.25, 0.3) is 44.4 Å². The van der Waals surface area contributed by atoms with Crippen molar-refractivity contribution in [2.24, 2.45) is 0 Å². The number of halogens is 4. The first-order chi connectivity index (χ1) is 20.4. The minimum atomic E-state index is -1.45. The summed E-state index contributed by atoms with van der Waals surface area (Å²) in [5.74, 6) is -4.93. The molecule has 0 aliphatic rings. The largest absolute Gasteiger partial charge is 0.488 e. The Morgan fingerprint density at radius 1 is 0.651 bits per heavy atom. The second-order valence-electron chi connectivity index (χ2n) is 12.1. The number of pyridine rings is 1. The molecular formula is C37H35F4NO. The van der Waals surface area contributed by atoms with E-state index in [0.717, 1.165) is 34.2 Å². The maximum atomic E-state index is 15.6. The third-order valence-electron chi connectivity index (χ3n) is 8.41. The van der Waals surface area contributed by atoms with E-state index in [1.807, 2.05) is 80.6 Å². The Morgan fingerprint density at radius 2 is 1.26 bits per heavy atom. The van der Waals surface area contributed by atoms with Gasteiger partial charge in [-0.2, -0.15) is 0 Å². The molecule has 0 amide bonds. The van der Waals surface area contributed by atoms with E-state index in [9.17, 15) is 0 Å². The van der Waals surface area contributed by atoms with Crippen LogP contribution in [0, 0.1) is 23.3 Å². The van der Waals surface area contributed by atoms with E-state index in [0.29, 0.717) is 17.5 Å². The van der Waals surface area contributed by atoms with Crippen LogP contribution < -0.4 is 4.74 Å². The summed E-state index contributed by atoms with van der Waals surface area (Å²) in [5.41, 5.74) is 0.687. The van der Waals surface area contributed by atoms with Crippen LogP contribution >= 0.6 is 0 Å². The average molecular weight is 586 g/mol. The molecule has 6 heteroatoms. The summed E-state index contributed by atoms with van der Waals surface area (Å²) in [6, 6.07) is 24.2. The first-order valence-electron chi connectivity index (χ1n) is 14.5. The second-order valence-corrected chi connectivity index (χ2v) is 12.1. The number of nitrogens with zero attached hydrogens (tertiary/aromatic N) is 1. The molecule has 0 N–H and O–H groups in total. The van der Waals surface area contributed by atoms with Crippen LogP contribution in [0.3, 0.4) is 0 Å². The molecule has 0 fully saturated rings. The quantitative estimate of drug-likeness (QED) is 0.133. The lowest BCUT2D eigenvalue weighted by Crippen LogP contribution is -2.26. The molecule has 0 aliphatic heterocycles. The highest BCUT2D eigenvalue weighted by molar-refractivity contribution is 5.99. The van der Waals surface area contributed by atoms with Crippen molar-refractivity contribution in [3.05, 3.63) is 108 Å². The van der Waals surface area contributed by atoms with Crippen LogP contribution in [0.15, 0.2) is 78.9 Å². The molecule has 0 radical (unpaired) electrons. The van der Waals surface area contributed by atoms with E-state index < -0.39 is 39.8 Å². The molecule has 1 aromatic heterocycles. The number of fused-ring (bicyclic) bond motifs is 1. The van der Waals surface area contributed by atoms with Crippen LogP contribution in [0.4, 0.5) is 17.6 Å². The molecule has 5 rings (SSSR count). The van der Waals surface area contributed by atoms with E-state index in [1.165, 1.54) is 6.07 Å². The van der Waals surface area contributed by atoms with E-state index >= 15 is 17.6 Å². The minimum absolute atomic E-state index is 0.187. The van der Waals surface area contributed by atoms with Gasteiger partial charge in [0.05, 0.1) is 16.8 Å². The Balaban J connectivity index is 1.68. The van der Waals surface area contributed by atoms with Gasteiger partial charge < -0.3 is 4.74 Å². The Morgan fingerprint density at radius 3 is 1.84 bits per heavy atom. The van der Waals surface area contributed by atoms with E-state index in [1.54, 1.807) is 26.8 Å². The van der Waals surface area contributed by atoms with E-state index in [2.05, 4.69) is 11.9 Å². The molecular weight excluding hydrogens is 550 g/mol. The van der Waals surface area contributed by atoms with Crippen LogP contribution in [0.2, 0.25) is 0 Å². The Kier molecular flexibility index (Phi) is 8.08. The van der Waals surface area contributed by atoms with Gasteiger partial charge in [0.2, 0.25) is 0 Å². The van der Waals surface area contributed by atoms with Crippen molar-refractivity contribution in [2.75, 3.05) is 0 Å². The fourth-order valence-electron chi connectivity index (χ4n) is 5.12. The predicted octanol–water partition coefficient (Wildman–Crippen LogP) is 11.0. The lowest BCUT2D eigenvalue weighted by molar-refractivity contribution is 0.105. The first-order valence-corrected chi connectivity index (χ1v) is 14.5. The smallest absolute Gasteiger partial charge is 0.171 e. The summed E-state index contributed by atoms with van der Waals surface area (Å²) >= 11 is 0. The molecule has 0 atom stereocenters. The molecule has 222 valence electrons. The van der Waals surface area contributed by atoms with Crippen LogP contribution in [0.5, 0.6) is 5.75 Å². The maximum absolute atomic E-state index is 15.6. The second kappa shape index (κ2) is 11.5. The normalized spacial score (nSPS) is 12.1. The Labute approximate surface area is 250 Å². The number of hydrogen-bond acceptors (Lipinski definition) is 2. The lowest BCUT2D eigenvalue weighted by Gasteiger charge is -2.25. The van der Waals surface area contributed by atoms with Gasteiger partial charge in [0.1, 0.15) is 11.4 Å². The Bertz CT molecular complexity index is 1770. The van der Waals surface area contributed by atoms with Crippen LogP contribution in [-0.4, -0.2) is 10.6 Å². The number of rotatable bonds is 8. The summed E-state index contributed by atoms with van der Waals surface area (Å²) in [7, 11) is 0.